The van der Waals surface area contributed by atoms with Gasteiger partial charge in [0.1, 0.15) is 12.4 Å². The van der Waals surface area contributed by atoms with Gasteiger partial charge in [0.15, 0.2) is 0 Å². The standard InChI is InChI=1S/C22H22N2O3S/c1-17-7-13-22(14-8-17)28(25,26)24-23-15-19-9-11-21(12-10-19)27-16-20-6-4-3-5-18(20)2/h3-15,24H,16H2,1-2H3. The average molecular weight is 394 g/mol. The second-order valence-electron chi connectivity index (χ2n) is 6.45. The minimum Gasteiger partial charge on any atom is -0.489 e. The molecule has 0 saturated carbocycles. The summed E-state index contributed by atoms with van der Waals surface area (Å²) in [5.74, 6) is 0.737. The van der Waals surface area contributed by atoms with E-state index in [1.165, 1.54) is 11.8 Å². The Morgan fingerprint density at radius 1 is 0.929 bits per heavy atom. The van der Waals surface area contributed by atoms with Crippen LogP contribution in [0.4, 0.5) is 0 Å². The topological polar surface area (TPSA) is 67.8 Å². The minimum atomic E-state index is -3.67. The smallest absolute Gasteiger partial charge is 0.276 e. The van der Waals surface area contributed by atoms with E-state index in [0.717, 1.165) is 22.4 Å². The van der Waals surface area contributed by atoms with Crippen LogP contribution in [0.25, 0.3) is 0 Å². The fourth-order valence-corrected chi connectivity index (χ4v) is 3.31. The molecule has 0 unspecified atom stereocenters. The van der Waals surface area contributed by atoms with Gasteiger partial charge >= 0.3 is 0 Å². The molecule has 0 amide bonds. The molecule has 0 heterocycles. The molecule has 3 aromatic carbocycles. The van der Waals surface area contributed by atoms with Crippen LogP contribution in [-0.2, 0) is 16.6 Å². The monoisotopic (exact) mass is 394 g/mol. The van der Waals surface area contributed by atoms with Crippen molar-refractivity contribution in [2.24, 2.45) is 5.10 Å². The summed E-state index contributed by atoms with van der Waals surface area (Å²) in [5.41, 5.74) is 4.08. The van der Waals surface area contributed by atoms with Crippen molar-refractivity contribution >= 4 is 16.2 Å². The van der Waals surface area contributed by atoms with E-state index in [1.807, 2.05) is 49.4 Å². The molecule has 0 bridgehead atoms. The lowest BCUT2D eigenvalue weighted by Crippen LogP contribution is -2.18. The zero-order valence-electron chi connectivity index (χ0n) is 15.8. The SMILES string of the molecule is Cc1ccc(S(=O)(=O)NN=Cc2ccc(OCc3ccccc3C)cc2)cc1. The summed E-state index contributed by atoms with van der Waals surface area (Å²) in [5, 5.41) is 3.84. The summed E-state index contributed by atoms with van der Waals surface area (Å²) in [6.07, 6.45) is 1.46. The zero-order valence-corrected chi connectivity index (χ0v) is 16.6. The first-order chi connectivity index (χ1) is 13.4. The van der Waals surface area contributed by atoms with E-state index in [2.05, 4.69) is 22.9 Å². The maximum Gasteiger partial charge on any atom is 0.276 e. The molecule has 0 aliphatic carbocycles. The number of hydrogen-bond donors (Lipinski definition) is 1. The lowest BCUT2D eigenvalue weighted by Gasteiger charge is -2.08. The summed E-state index contributed by atoms with van der Waals surface area (Å²) in [6.45, 7) is 4.45. The van der Waals surface area contributed by atoms with E-state index in [4.69, 9.17) is 4.74 Å². The predicted octanol–water partition coefficient (Wildman–Crippen LogP) is 4.19. The van der Waals surface area contributed by atoms with Crippen molar-refractivity contribution in [3.63, 3.8) is 0 Å². The first kappa shape index (κ1) is 19.6. The molecular weight excluding hydrogens is 372 g/mol. The van der Waals surface area contributed by atoms with Crippen LogP contribution in [-0.4, -0.2) is 14.6 Å². The van der Waals surface area contributed by atoms with Crippen LogP contribution in [0.2, 0.25) is 0 Å². The van der Waals surface area contributed by atoms with Gasteiger partial charge in [0.2, 0.25) is 0 Å². The highest BCUT2D eigenvalue weighted by Gasteiger charge is 2.11. The van der Waals surface area contributed by atoms with Crippen molar-refractivity contribution in [1.29, 1.82) is 0 Å². The van der Waals surface area contributed by atoms with E-state index in [0.29, 0.717) is 6.61 Å². The number of hydrogen-bond acceptors (Lipinski definition) is 4. The Labute approximate surface area is 165 Å². The number of ether oxygens (including phenoxy) is 1. The number of sulfonamides is 1. The van der Waals surface area contributed by atoms with Crippen molar-refractivity contribution in [3.8, 4) is 5.75 Å². The van der Waals surface area contributed by atoms with Crippen LogP contribution in [0.1, 0.15) is 22.3 Å². The van der Waals surface area contributed by atoms with E-state index in [1.54, 1.807) is 24.3 Å². The predicted molar refractivity (Wildman–Crippen MR) is 111 cm³/mol. The zero-order chi connectivity index (χ0) is 20.0. The maximum atomic E-state index is 12.2. The maximum absolute atomic E-state index is 12.2. The number of nitrogens with zero attached hydrogens (tertiary/aromatic N) is 1. The van der Waals surface area contributed by atoms with Crippen molar-refractivity contribution < 1.29 is 13.2 Å². The molecule has 1 N–H and O–H groups in total. The van der Waals surface area contributed by atoms with Gasteiger partial charge in [0, 0.05) is 0 Å². The molecular formula is C22H22N2O3S. The van der Waals surface area contributed by atoms with Crippen LogP contribution in [0, 0.1) is 13.8 Å². The molecule has 3 rings (SSSR count). The molecule has 0 atom stereocenters. The van der Waals surface area contributed by atoms with Crippen LogP contribution >= 0.6 is 0 Å². The first-order valence-corrected chi connectivity index (χ1v) is 10.3. The number of hydrazone groups is 1. The Balaban J connectivity index is 1.58. The summed E-state index contributed by atoms with van der Waals surface area (Å²) < 4.78 is 30.2. The fourth-order valence-electron chi connectivity index (χ4n) is 2.52. The summed E-state index contributed by atoms with van der Waals surface area (Å²) in [4.78, 5) is 2.40. The van der Waals surface area contributed by atoms with Crippen molar-refractivity contribution in [3.05, 3.63) is 95.1 Å². The van der Waals surface area contributed by atoms with Gasteiger partial charge in [-0.15, -0.1) is 0 Å². The number of benzene rings is 3. The van der Waals surface area contributed by atoms with E-state index >= 15 is 0 Å². The van der Waals surface area contributed by atoms with Gasteiger partial charge in [-0.2, -0.15) is 13.5 Å². The van der Waals surface area contributed by atoms with Crippen molar-refractivity contribution in [2.75, 3.05) is 0 Å². The van der Waals surface area contributed by atoms with Gasteiger partial charge in [-0.3, -0.25) is 0 Å². The third kappa shape index (κ3) is 5.20. The first-order valence-electron chi connectivity index (χ1n) is 8.83. The average Bonchev–Trinajstić information content (AvgIpc) is 2.69. The minimum absolute atomic E-state index is 0.176. The Morgan fingerprint density at radius 2 is 1.61 bits per heavy atom. The molecule has 5 nitrogen and oxygen atoms in total. The van der Waals surface area contributed by atoms with E-state index in [9.17, 15) is 8.42 Å². The second kappa shape index (κ2) is 8.71. The molecule has 0 spiro atoms. The Bertz CT molecular complexity index is 1060. The van der Waals surface area contributed by atoms with Crippen molar-refractivity contribution in [1.82, 2.24) is 4.83 Å². The lowest BCUT2D eigenvalue weighted by atomic mass is 10.1. The van der Waals surface area contributed by atoms with Gasteiger partial charge in [0.05, 0.1) is 11.1 Å². The molecule has 0 aromatic heterocycles. The highest BCUT2D eigenvalue weighted by molar-refractivity contribution is 7.89. The van der Waals surface area contributed by atoms with Crippen LogP contribution in [0.5, 0.6) is 5.75 Å². The quantitative estimate of drug-likeness (QED) is 0.482. The van der Waals surface area contributed by atoms with Crippen LogP contribution < -0.4 is 9.57 Å². The van der Waals surface area contributed by atoms with Gasteiger partial charge in [-0.1, -0.05) is 42.0 Å². The van der Waals surface area contributed by atoms with Gasteiger partial charge in [-0.25, -0.2) is 4.83 Å². The number of rotatable bonds is 7. The van der Waals surface area contributed by atoms with Gasteiger partial charge < -0.3 is 4.74 Å². The Kier molecular flexibility index (Phi) is 6.11. The molecule has 0 aliphatic heterocycles. The van der Waals surface area contributed by atoms with Crippen LogP contribution in [0.15, 0.2) is 82.8 Å². The number of aryl methyl sites for hydroxylation is 2. The third-order valence-corrected chi connectivity index (χ3v) is 5.49. The Morgan fingerprint density at radius 3 is 2.29 bits per heavy atom. The Hall–Kier alpha value is -3.12. The third-order valence-electron chi connectivity index (χ3n) is 4.25. The molecule has 0 radical (unpaired) electrons. The number of nitrogens with one attached hydrogen (secondary N) is 1. The molecule has 3 aromatic rings. The molecule has 0 saturated heterocycles. The molecule has 28 heavy (non-hydrogen) atoms. The molecule has 0 aliphatic rings. The van der Waals surface area contributed by atoms with E-state index in [-0.39, 0.29) is 4.90 Å². The molecule has 144 valence electrons. The summed E-state index contributed by atoms with van der Waals surface area (Å²) >= 11 is 0. The molecule has 0 fully saturated rings. The van der Waals surface area contributed by atoms with Gasteiger partial charge in [-0.05, 0) is 66.9 Å². The van der Waals surface area contributed by atoms with Crippen molar-refractivity contribution in [2.45, 2.75) is 25.3 Å². The summed E-state index contributed by atoms with van der Waals surface area (Å²) in [7, 11) is -3.67. The lowest BCUT2D eigenvalue weighted by molar-refractivity contribution is 0.305. The second-order valence-corrected chi connectivity index (χ2v) is 8.11. The van der Waals surface area contributed by atoms with Gasteiger partial charge in [0.25, 0.3) is 10.0 Å². The highest BCUT2D eigenvalue weighted by Crippen LogP contribution is 2.15. The van der Waals surface area contributed by atoms with Crippen LogP contribution in [0.3, 0.4) is 0 Å². The normalized spacial score (nSPS) is 11.5. The highest BCUT2D eigenvalue weighted by atomic mass is 32.2. The van der Waals surface area contributed by atoms with E-state index < -0.39 is 10.0 Å². The molecule has 6 heteroatoms. The largest absolute Gasteiger partial charge is 0.489 e. The summed E-state index contributed by atoms with van der Waals surface area (Å²) in [6, 6.07) is 22.0. The fraction of sp³-hybridized carbons (Fsp3) is 0.136.